The quantitative estimate of drug-likeness (QED) is 0.211. The maximum atomic E-state index is 14.1. The van der Waals surface area contributed by atoms with E-state index in [2.05, 4.69) is 75.7 Å². The third-order valence-corrected chi connectivity index (χ3v) is 14.4. The molecule has 0 heterocycles. The molecule has 4 saturated carbocycles. The summed E-state index contributed by atoms with van der Waals surface area (Å²) >= 11 is 0. The van der Waals surface area contributed by atoms with Crippen molar-refractivity contribution in [2.75, 3.05) is 34.3 Å². The molecule has 0 bridgehead atoms. The molecule has 5 heteroatoms. The minimum absolute atomic E-state index is 0. The standard InChI is InChI=1S/C35H60NO3.HI/c1-23-13-18-35(30(38)39-22-21-36(8,9)10)20-19-33(6)25(29(35)24(23)2)11-12-27-32(5)16-15-28(37)31(3,4)26(32)14-17-34(27,33)7;/h11,23-24,26-29,37H,12-22H2,1-10H3;1H/q+1;/p-1/t23-,24+,26?,27?,28+,29-,32+,33-,34-,35+;/m1./s1. The lowest BCUT2D eigenvalue weighted by Gasteiger charge is -2.71. The van der Waals surface area contributed by atoms with E-state index in [-0.39, 0.29) is 63.1 Å². The highest BCUT2D eigenvalue weighted by atomic mass is 127. The van der Waals surface area contributed by atoms with Crippen LogP contribution in [0.1, 0.15) is 106 Å². The number of esters is 1. The highest BCUT2D eigenvalue weighted by Gasteiger charge is 2.69. The Kier molecular flexibility index (Phi) is 8.60. The molecule has 0 aromatic carbocycles. The molecule has 2 unspecified atom stereocenters. The van der Waals surface area contributed by atoms with Gasteiger partial charge in [-0.3, -0.25) is 4.79 Å². The second-order valence-corrected chi connectivity index (χ2v) is 17.3. The van der Waals surface area contributed by atoms with E-state index in [0.29, 0.717) is 36.2 Å². The number of likely N-dealkylation sites (N-methyl/N-ethyl adjacent to an activating group) is 1. The van der Waals surface area contributed by atoms with Crippen LogP contribution < -0.4 is 24.0 Å². The molecule has 0 amide bonds. The molecule has 10 atom stereocenters. The summed E-state index contributed by atoms with van der Waals surface area (Å²) in [5.41, 5.74) is 1.83. The van der Waals surface area contributed by atoms with Crippen molar-refractivity contribution < 1.29 is 43.1 Å². The molecule has 0 spiro atoms. The molecule has 0 radical (unpaired) electrons. The summed E-state index contributed by atoms with van der Waals surface area (Å²) in [6.07, 6.45) is 12.3. The van der Waals surface area contributed by atoms with Gasteiger partial charge >= 0.3 is 5.97 Å². The largest absolute Gasteiger partial charge is 1.00 e. The van der Waals surface area contributed by atoms with Crippen LogP contribution >= 0.6 is 0 Å². The van der Waals surface area contributed by atoms with E-state index in [9.17, 15) is 9.90 Å². The maximum Gasteiger partial charge on any atom is 0.312 e. The molecular formula is C35H60INO3. The summed E-state index contributed by atoms with van der Waals surface area (Å²) in [4.78, 5) is 14.1. The first-order valence-electron chi connectivity index (χ1n) is 16.3. The monoisotopic (exact) mass is 669 g/mol. The Hall–Kier alpha value is -0.140. The van der Waals surface area contributed by atoms with E-state index in [1.807, 2.05) is 0 Å². The molecule has 0 saturated heterocycles. The lowest BCUT2D eigenvalue weighted by atomic mass is 9.33. The van der Waals surface area contributed by atoms with Crippen LogP contribution in [0.25, 0.3) is 0 Å². The van der Waals surface area contributed by atoms with E-state index in [1.165, 1.54) is 12.8 Å². The zero-order valence-electron chi connectivity index (χ0n) is 27.4. The number of hydrogen-bond acceptors (Lipinski definition) is 3. The Bertz CT molecular complexity index is 1020. The fourth-order valence-electron chi connectivity index (χ4n) is 11.4. The lowest BCUT2D eigenvalue weighted by Crippen LogP contribution is -3.00. The van der Waals surface area contributed by atoms with Crippen molar-refractivity contribution in [3.05, 3.63) is 11.6 Å². The average Bonchev–Trinajstić information content (AvgIpc) is 2.83. The van der Waals surface area contributed by atoms with Crippen LogP contribution in [0.3, 0.4) is 0 Å². The molecule has 5 rings (SSSR count). The van der Waals surface area contributed by atoms with Gasteiger partial charge in [0.25, 0.3) is 0 Å². The van der Waals surface area contributed by atoms with Crippen LogP contribution in [0, 0.1) is 56.7 Å². The van der Waals surface area contributed by atoms with Gasteiger partial charge in [0, 0.05) is 0 Å². The third kappa shape index (κ3) is 4.59. The number of nitrogens with zero attached hydrogens (tertiary/aromatic N) is 1. The second kappa shape index (κ2) is 10.5. The lowest BCUT2D eigenvalue weighted by molar-refractivity contribution is -0.870. The van der Waals surface area contributed by atoms with Crippen molar-refractivity contribution >= 4 is 5.97 Å². The predicted molar refractivity (Wildman–Crippen MR) is 159 cm³/mol. The summed E-state index contributed by atoms with van der Waals surface area (Å²) in [5, 5.41) is 11.0. The summed E-state index contributed by atoms with van der Waals surface area (Å²) in [6, 6.07) is 0. The highest BCUT2D eigenvalue weighted by molar-refractivity contribution is 5.79. The number of aliphatic hydroxyl groups excluding tert-OH is 1. The van der Waals surface area contributed by atoms with Gasteiger partial charge in [0.15, 0.2) is 0 Å². The van der Waals surface area contributed by atoms with E-state index >= 15 is 0 Å². The Labute approximate surface area is 263 Å². The number of rotatable bonds is 4. The van der Waals surface area contributed by atoms with Crippen molar-refractivity contribution in [1.82, 2.24) is 0 Å². The molecule has 230 valence electrons. The fraction of sp³-hybridized carbons (Fsp3) is 0.914. The molecule has 4 nitrogen and oxygen atoms in total. The number of carbonyl (C=O) groups is 1. The fourth-order valence-corrected chi connectivity index (χ4v) is 11.4. The van der Waals surface area contributed by atoms with Crippen LogP contribution in [0.15, 0.2) is 11.6 Å². The number of carbonyl (C=O) groups excluding carboxylic acids is 1. The number of fused-ring (bicyclic) bond motifs is 7. The second-order valence-electron chi connectivity index (χ2n) is 17.3. The number of quaternary nitrogens is 1. The average molecular weight is 670 g/mol. The zero-order valence-corrected chi connectivity index (χ0v) is 29.6. The van der Waals surface area contributed by atoms with Crippen LogP contribution in [0.4, 0.5) is 0 Å². The van der Waals surface area contributed by atoms with Gasteiger partial charge in [-0.05, 0) is 109 Å². The molecule has 40 heavy (non-hydrogen) atoms. The van der Waals surface area contributed by atoms with E-state index in [0.717, 1.165) is 56.0 Å². The molecule has 0 aromatic rings. The minimum atomic E-state index is -0.358. The third-order valence-electron chi connectivity index (χ3n) is 14.4. The van der Waals surface area contributed by atoms with Crippen LogP contribution in [-0.4, -0.2) is 56.0 Å². The molecule has 0 aliphatic heterocycles. The SMILES string of the molecule is C[C@H]1[C@H](C)CC[C@]2(C(=O)OCC[N+](C)(C)C)CC[C@]3(C)C(=CCC4[C@@]5(C)CC[C@H](O)C(C)(C)C5CC[C@]43C)[C@@H]12.[I-]. The molecule has 1 N–H and O–H groups in total. The number of aliphatic hydroxyl groups is 1. The van der Waals surface area contributed by atoms with Crippen molar-refractivity contribution in [1.29, 1.82) is 0 Å². The predicted octanol–water partition coefficient (Wildman–Crippen LogP) is 4.26. The summed E-state index contributed by atoms with van der Waals surface area (Å²) < 4.78 is 6.97. The van der Waals surface area contributed by atoms with Gasteiger partial charge in [-0.15, -0.1) is 0 Å². The van der Waals surface area contributed by atoms with Gasteiger partial charge in [0.1, 0.15) is 13.2 Å². The smallest absolute Gasteiger partial charge is 0.312 e. The van der Waals surface area contributed by atoms with Crippen molar-refractivity contribution in [3.63, 3.8) is 0 Å². The zero-order chi connectivity index (χ0) is 28.8. The normalized spacial score (nSPS) is 47.8. The Morgan fingerprint density at radius 2 is 1.62 bits per heavy atom. The van der Waals surface area contributed by atoms with Gasteiger partial charge in [-0.1, -0.05) is 60.1 Å². The Morgan fingerprint density at radius 3 is 2.27 bits per heavy atom. The minimum Gasteiger partial charge on any atom is -1.00 e. The molecular weight excluding hydrogens is 609 g/mol. The van der Waals surface area contributed by atoms with E-state index in [1.54, 1.807) is 5.57 Å². The van der Waals surface area contributed by atoms with Crippen molar-refractivity contribution in [3.8, 4) is 0 Å². The summed E-state index contributed by atoms with van der Waals surface area (Å²) in [5.74, 6) is 2.71. The Balaban J connectivity index is 0.00000370. The first kappa shape index (κ1) is 32.8. The number of ether oxygens (including phenoxy) is 1. The van der Waals surface area contributed by atoms with E-state index in [4.69, 9.17) is 4.74 Å². The first-order chi connectivity index (χ1) is 17.9. The van der Waals surface area contributed by atoms with E-state index < -0.39 is 0 Å². The summed E-state index contributed by atoms with van der Waals surface area (Å²) in [6.45, 7) is 18.7. The Morgan fingerprint density at radius 1 is 0.950 bits per heavy atom. The van der Waals surface area contributed by atoms with Crippen LogP contribution in [0.5, 0.6) is 0 Å². The summed E-state index contributed by atoms with van der Waals surface area (Å²) in [7, 11) is 6.50. The van der Waals surface area contributed by atoms with Gasteiger partial charge in [0.2, 0.25) is 0 Å². The van der Waals surface area contributed by atoms with Crippen molar-refractivity contribution in [2.45, 2.75) is 112 Å². The molecule has 4 fully saturated rings. The molecule has 0 aromatic heterocycles. The topological polar surface area (TPSA) is 46.5 Å². The maximum absolute atomic E-state index is 14.1. The van der Waals surface area contributed by atoms with Crippen LogP contribution in [-0.2, 0) is 9.53 Å². The number of allylic oxidation sites excluding steroid dienone is 2. The molecule has 5 aliphatic carbocycles. The first-order valence-corrected chi connectivity index (χ1v) is 16.3. The van der Waals surface area contributed by atoms with Gasteiger partial charge in [-0.2, -0.15) is 0 Å². The van der Waals surface area contributed by atoms with Gasteiger partial charge < -0.3 is 38.3 Å². The van der Waals surface area contributed by atoms with Gasteiger partial charge in [-0.25, -0.2) is 0 Å². The van der Waals surface area contributed by atoms with Crippen LogP contribution in [0.2, 0.25) is 0 Å². The highest BCUT2D eigenvalue weighted by Crippen LogP contribution is 2.75. The number of hydrogen-bond donors (Lipinski definition) is 1. The molecule has 5 aliphatic rings. The van der Waals surface area contributed by atoms with Gasteiger partial charge in [0.05, 0.1) is 32.7 Å². The van der Waals surface area contributed by atoms with Crippen molar-refractivity contribution in [2.24, 2.45) is 56.7 Å². The number of halogens is 1.